The molecule has 0 aliphatic heterocycles. The van der Waals surface area contributed by atoms with Gasteiger partial charge in [-0.3, -0.25) is 0 Å². The van der Waals surface area contributed by atoms with E-state index in [1.54, 1.807) is 6.08 Å². The Morgan fingerprint density at radius 2 is 2.00 bits per heavy atom. The maximum absolute atomic E-state index is 3.81. The number of benzene rings is 1. The van der Waals surface area contributed by atoms with Crippen LogP contribution in [-0.4, -0.2) is 6.54 Å². The summed E-state index contributed by atoms with van der Waals surface area (Å²) in [6, 6.07) is 10.2. The molecule has 1 N–H and O–H groups in total. The molecule has 1 aromatic rings. The van der Waals surface area contributed by atoms with Gasteiger partial charge in [-0.25, -0.2) is 0 Å². The molecule has 84 valence electrons. The molecule has 0 heterocycles. The van der Waals surface area contributed by atoms with Crippen LogP contribution < -0.4 is 5.32 Å². The van der Waals surface area contributed by atoms with Crippen molar-refractivity contribution in [2.45, 2.75) is 6.92 Å². The molecular weight excluding hydrogens is 194 g/mol. The number of anilines is 1. The molecule has 0 spiro atoms. The third kappa shape index (κ3) is 3.77. The molecule has 0 amide bonds. The van der Waals surface area contributed by atoms with Gasteiger partial charge in [0.15, 0.2) is 0 Å². The molecule has 1 aromatic carbocycles. The summed E-state index contributed by atoms with van der Waals surface area (Å²) in [6.45, 7) is 10.6. The predicted octanol–water partition coefficient (Wildman–Crippen LogP) is 4.03. The Morgan fingerprint density at radius 3 is 2.56 bits per heavy atom. The van der Waals surface area contributed by atoms with E-state index in [1.807, 2.05) is 30.4 Å². The summed E-state index contributed by atoms with van der Waals surface area (Å²) in [5.74, 6) is 0.427. The number of hydrogen-bond donors (Lipinski definition) is 1. The minimum Gasteiger partial charge on any atom is -0.384 e. The smallest absolute Gasteiger partial charge is 0.0340 e. The molecule has 0 aliphatic carbocycles. The first-order valence-electron chi connectivity index (χ1n) is 5.52. The van der Waals surface area contributed by atoms with E-state index in [2.05, 4.69) is 37.5 Å². The standard InChI is InChI=1S/C15H19N/c1-4-9-14(5-2)13(3)12-16-15-10-7-6-8-11-15/h4-11,13,16H,1-2,12H2,3H3/b14-9+. The van der Waals surface area contributed by atoms with Gasteiger partial charge in [-0.2, -0.15) is 0 Å². The fraction of sp³-hybridized carbons (Fsp3) is 0.200. The van der Waals surface area contributed by atoms with Gasteiger partial charge in [0.1, 0.15) is 0 Å². The van der Waals surface area contributed by atoms with Crippen LogP contribution in [0.4, 0.5) is 5.69 Å². The topological polar surface area (TPSA) is 12.0 Å². The second kappa shape index (κ2) is 6.67. The van der Waals surface area contributed by atoms with Crippen LogP contribution in [-0.2, 0) is 0 Å². The number of hydrogen-bond acceptors (Lipinski definition) is 1. The van der Waals surface area contributed by atoms with Crippen molar-refractivity contribution in [3.8, 4) is 0 Å². The number of rotatable bonds is 6. The van der Waals surface area contributed by atoms with Crippen LogP contribution in [0.5, 0.6) is 0 Å². The van der Waals surface area contributed by atoms with Crippen molar-refractivity contribution in [1.82, 2.24) is 0 Å². The molecule has 1 nitrogen and oxygen atoms in total. The fourth-order valence-corrected chi connectivity index (χ4v) is 1.51. The van der Waals surface area contributed by atoms with Crippen molar-refractivity contribution in [3.05, 3.63) is 67.3 Å². The highest BCUT2D eigenvalue weighted by Gasteiger charge is 2.04. The van der Waals surface area contributed by atoms with Gasteiger partial charge in [0, 0.05) is 12.2 Å². The molecule has 1 rings (SSSR count). The molecular formula is C15H19N. The zero-order valence-corrected chi connectivity index (χ0v) is 9.82. The van der Waals surface area contributed by atoms with Crippen LogP contribution >= 0.6 is 0 Å². The lowest BCUT2D eigenvalue weighted by atomic mass is 10.0. The van der Waals surface area contributed by atoms with E-state index in [0.29, 0.717) is 5.92 Å². The molecule has 1 unspecified atom stereocenters. The first-order valence-corrected chi connectivity index (χ1v) is 5.52. The van der Waals surface area contributed by atoms with Gasteiger partial charge in [-0.05, 0) is 23.6 Å². The SMILES string of the molecule is C=C/C=C(\C=C)C(C)CNc1ccccc1. The number of allylic oxidation sites excluding steroid dienone is 3. The van der Waals surface area contributed by atoms with Crippen LogP contribution in [0, 0.1) is 5.92 Å². The number of para-hydroxylation sites is 1. The Morgan fingerprint density at radius 1 is 1.31 bits per heavy atom. The maximum Gasteiger partial charge on any atom is 0.0340 e. The first-order chi connectivity index (χ1) is 7.77. The van der Waals surface area contributed by atoms with E-state index < -0.39 is 0 Å². The highest BCUT2D eigenvalue weighted by molar-refractivity contribution is 5.43. The van der Waals surface area contributed by atoms with Gasteiger partial charge in [0.25, 0.3) is 0 Å². The molecule has 16 heavy (non-hydrogen) atoms. The molecule has 1 heteroatoms. The number of nitrogens with one attached hydrogen (secondary N) is 1. The minimum atomic E-state index is 0.427. The van der Waals surface area contributed by atoms with E-state index in [9.17, 15) is 0 Å². The van der Waals surface area contributed by atoms with E-state index in [0.717, 1.165) is 12.2 Å². The maximum atomic E-state index is 3.81. The summed E-state index contributed by atoms with van der Waals surface area (Å²) in [6.07, 6.45) is 5.69. The van der Waals surface area contributed by atoms with Crippen LogP contribution in [0.15, 0.2) is 67.3 Å². The Balaban J connectivity index is 2.52. The average molecular weight is 213 g/mol. The van der Waals surface area contributed by atoms with Gasteiger partial charge in [0.05, 0.1) is 0 Å². The van der Waals surface area contributed by atoms with Gasteiger partial charge in [0.2, 0.25) is 0 Å². The zero-order chi connectivity index (χ0) is 11.8. The fourth-order valence-electron chi connectivity index (χ4n) is 1.51. The summed E-state index contributed by atoms with van der Waals surface area (Å²) in [5, 5.41) is 3.39. The molecule has 0 bridgehead atoms. The van der Waals surface area contributed by atoms with E-state index in [-0.39, 0.29) is 0 Å². The second-order valence-corrected chi connectivity index (χ2v) is 3.75. The van der Waals surface area contributed by atoms with Crippen molar-refractivity contribution >= 4 is 5.69 Å². The van der Waals surface area contributed by atoms with Crippen LogP contribution in [0.25, 0.3) is 0 Å². The normalized spacial score (nSPS) is 12.9. The van der Waals surface area contributed by atoms with Crippen LogP contribution in [0.2, 0.25) is 0 Å². The zero-order valence-electron chi connectivity index (χ0n) is 9.82. The van der Waals surface area contributed by atoms with Crippen LogP contribution in [0.1, 0.15) is 6.92 Å². The molecule has 0 fully saturated rings. The summed E-state index contributed by atoms with van der Waals surface area (Å²) in [4.78, 5) is 0. The molecule has 1 atom stereocenters. The van der Waals surface area contributed by atoms with Gasteiger partial charge in [-0.15, -0.1) is 0 Å². The lowest BCUT2D eigenvalue weighted by Gasteiger charge is -2.14. The molecule has 0 aromatic heterocycles. The monoisotopic (exact) mass is 213 g/mol. The Labute approximate surface area is 98.2 Å². The molecule has 0 radical (unpaired) electrons. The predicted molar refractivity (Wildman–Crippen MR) is 72.6 cm³/mol. The summed E-state index contributed by atoms with van der Waals surface area (Å²) >= 11 is 0. The van der Waals surface area contributed by atoms with E-state index in [4.69, 9.17) is 0 Å². The lowest BCUT2D eigenvalue weighted by molar-refractivity contribution is 0.738. The van der Waals surface area contributed by atoms with Crippen molar-refractivity contribution in [1.29, 1.82) is 0 Å². The third-order valence-electron chi connectivity index (χ3n) is 2.50. The largest absolute Gasteiger partial charge is 0.384 e. The lowest BCUT2D eigenvalue weighted by Crippen LogP contribution is -2.12. The van der Waals surface area contributed by atoms with Crippen molar-refractivity contribution < 1.29 is 0 Å². The second-order valence-electron chi connectivity index (χ2n) is 3.75. The molecule has 0 saturated heterocycles. The highest BCUT2D eigenvalue weighted by Crippen LogP contribution is 2.13. The third-order valence-corrected chi connectivity index (χ3v) is 2.50. The average Bonchev–Trinajstić information content (AvgIpc) is 2.34. The van der Waals surface area contributed by atoms with Crippen LogP contribution in [0.3, 0.4) is 0 Å². The highest BCUT2D eigenvalue weighted by atomic mass is 14.9. The summed E-state index contributed by atoms with van der Waals surface area (Å²) < 4.78 is 0. The quantitative estimate of drug-likeness (QED) is 0.703. The van der Waals surface area contributed by atoms with Crippen molar-refractivity contribution in [3.63, 3.8) is 0 Å². The molecule has 0 aliphatic rings. The van der Waals surface area contributed by atoms with Crippen molar-refractivity contribution in [2.24, 2.45) is 5.92 Å². The van der Waals surface area contributed by atoms with Gasteiger partial charge >= 0.3 is 0 Å². The Bertz CT molecular complexity index is 362. The Kier molecular flexibility index (Phi) is 5.13. The van der Waals surface area contributed by atoms with E-state index >= 15 is 0 Å². The van der Waals surface area contributed by atoms with Gasteiger partial charge < -0.3 is 5.32 Å². The van der Waals surface area contributed by atoms with Gasteiger partial charge in [-0.1, -0.05) is 56.5 Å². The van der Waals surface area contributed by atoms with Crippen molar-refractivity contribution in [2.75, 3.05) is 11.9 Å². The Hall–Kier alpha value is -1.76. The summed E-state index contributed by atoms with van der Waals surface area (Å²) in [7, 11) is 0. The minimum absolute atomic E-state index is 0.427. The van der Waals surface area contributed by atoms with E-state index in [1.165, 1.54) is 5.57 Å². The summed E-state index contributed by atoms with van der Waals surface area (Å²) in [5.41, 5.74) is 2.36. The molecule has 0 saturated carbocycles. The first kappa shape index (κ1) is 12.3.